The van der Waals surface area contributed by atoms with Crippen LogP contribution >= 0.6 is 0 Å². The standard InChI is InChI=1S/C9H16O2/c1-5-6-7-8(10)11-9(2,3)4/h8,10H,5H2,1-4H3. The van der Waals surface area contributed by atoms with Crippen LogP contribution in [0.2, 0.25) is 0 Å². The van der Waals surface area contributed by atoms with E-state index in [2.05, 4.69) is 11.8 Å². The summed E-state index contributed by atoms with van der Waals surface area (Å²) in [6.45, 7) is 7.56. The van der Waals surface area contributed by atoms with E-state index in [0.29, 0.717) is 0 Å². The van der Waals surface area contributed by atoms with E-state index >= 15 is 0 Å². The van der Waals surface area contributed by atoms with Gasteiger partial charge in [-0.25, -0.2) is 0 Å². The molecule has 0 rings (SSSR count). The molecule has 0 fully saturated rings. The first-order valence-corrected chi connectivity index (χ1v) is 3.80. The summed E-state index contributed by atoms with van der Waals surface area (Å²) in [5.74, 6) is 5.32. The van der Waals surface area contributed by atoms with Gasteiger partial charge in [0.2, 0.25) is 6.29 Å². The molecule has 2 heteroatoms. The highest BCUT2D eigenvalue weighted by Crippen LogP contribution is 2.08. The summed E-state index contributed by atoms with van der Waals surface area (Å²) >= 11 is 0. The van der Waals surface area contributed by atoms with Gasteiger partial charge in [0.25, 0.3) is 0 Å². The Morgan fingerprint density at radius 3 is 2.36 bits per heavy atom. The maximum absolute atomic E-state index is 9.12. The van der Waals surface area contributed by atoms with Crippen molar-refractivity contribution in [3.05, 3.63) is 0 Å². The summed E-state index contributed by atoms with van der Waals surface area (Å²) in [4.78, 5) is 0. The molecular weight excluding hydrogens is 140 g/mol. The first-order valence-electron chi connectivity index (χ1n) is 3.80. The van der Waals surface area contributed by atoms with Gasteiger partial charge >= 0.3 is 0 Å². The van der Waals surface area contributed by atoms with E-state index in [9.17, 15) is 0 Å². The van der Waals surface area contributed by atoms with Gasteiger partial charge in [0, 0.05) is 6.42 Å². The second kappa shape index (κ2) is 4.38. The molecule has 0 aromatic rings. The molecular formula is C9H16O2. The van der Waals surface area contributed by atoms with Gasteiger partial charge in [0.15, 0.2) is 0 Å². The van der Waals surface area contributed by atoms with E-state index in [1.54, 1.807) is 0 Å². The van der Waals surface area contributed by atoms with Gasteiger partial charge in [-0.2, -0.15) is 0 Å². The average molecular weight is 156 g/mol. The highest BCUT2D eigenvalue weighted by atomic mass is 16.6. The highest BCUT2D eigenvalue weighted by molar-refractivity contribution is 5.00. The molecule has 0 amide bonds. The Kier molecular flexibility index (Phi) is 4.17. The fraction of sp³-hybridized carbons (Fsp3) is 0.778. The molecule has 64 valence electrons. The number of hydrogen-bond donors (Lipinski definition) is 1. The second-order valence-electron chi connectivity index (χ2n) is 3.26. The molecule has 0 aliphatic rings. The zero-order chi connectivity index (χ0) is 8.91. The molecule has 1 N–H and O–H groups in total. The third-order valence-corrected chi connectivity index (χ3v) is 0.867. The molecule has 2 nitrogen and oxygen atoms in total. The monoisotopic (exact) mass is 156 g/mol. The fourth-order valence-electron chi connectivity index (χ4n) is 0.554. The van der Waals surface area contributed by atoms with E-state index in [0.717, 1.165) is 6.42 Å². The van der Waals surface area contributed by atoms with E-state index < -0.39 is 6.29 Å². The molecule has 0 aromatic heterocycles. The lowest BCUT2D eigenvalue weighted by atomic mass is 10.2. The van der Waals surface area contributed by atoms with Gasteiger partial charge in [0.1, 0.15) is 0 Å². The van der Waals surface area contributed by atoms with E-state index in [4.69, 9.17) is 9.84 Å². The van der Waals surface area contributed by atoms with Gasteiger partial charge < -0.3 is 9.84 Å². The van der Waals surface area contributed by atoms with Crippen LogP contribution in [-0.2, 0) is 4.74 Å². The normalized spacial score (nSPS) is 13.5. The number of rotatable bonds is 1. The van der Waals surface area contributed by atoms with Crippen molar-refractivity contribution in [2.24, 2.45) is 0 Å². The Morgan fingerprint density at radius 1 is 1.45 bits per heavy atom. The molecule has 0 bridgehead atoms. The summed E-state index contributed by atoms with van der Waals surface area (Å²) in [5, 5.41) is 9.12. The lowest BCUT2D eigenvalue weighted by Crippen LogP contribution is -2.26. The molecule has 0 saturated heterocycles. The number of aliphatic hydroxyl groups excluding tert-OH is 1. The lowest BCUT2D eigenvalue weighted by Gasteiger charge is -2.20. The average Bonchev–Trinajstić information content (AvgIpc) is 1.79. The van der Waals surface area contributed by atoms with Gasteiger partial charge in [0.05, 0.1) is 5.60 Å². The largest absolute Gasteiger partial charge is 0.358 e. The van der Waals surface area contributed by atoms with E-state index in [1.807, 2.05) is 27.7 Å². The van der Waals surface area contributed by atoms with Gasteiger partial charge in [-0.05, 0) is 26.7 Å². The molecule has 11 heavy (non-hydrogen) atoms. The predicted octanol–water partition coefficient (Wildman–Crippen LogP) is 1.53. The maximum Gasteiger partial charge on any atom is 0.220 e. The van der Waals surface area contributed by atoms with E-state index in [1.165, 1.54) is 0 Å². The van der Waals surface area contributed by atoms with Crippen LogP contribution in [-0.4, -0.2) is 17.0 Å². The Bertz CT molecular complexity index is 157. The summed E-state index contributed by atoms with van der Waals surface area (Å²) < 4.78 is 5.12. The van der Waals surface area contributed by atoms with Crippen LogP contribution in [0.25, 0.3) is 0 Å². The topological polar surface area (TPSA) is 29.5 Å². The number of aliphatic hydroxyl groups is 1. The Balaban J connectivity index is 3.78. The Morgan fingerprint density at radius 2 is 2.00 bits per heavy atom. The van der Waals surface area contributed by atoms with Crippen molar-refractivity contribution in [1.82, 2.24) is 0 Å². The third-order valence-electron chi connectivity index (χ3n) is 0.867. The molecule has 1 unspecified atom stereocenters. The molecule has 0 heterocycles. The molecule has 0 aliphatic heterocycles. The summed E-state index contributed by atoms with van der Waals surface area (Å²) in [5.41, 5.74) is -0.332. The molecule has 0 aliphatic carbocycles. The number of ether oxygens (including phenoxy) is 1. The van der Waals surface area contributed by atoms with Crippen LogP contribution in [0.4, 0.5) is 0 Å². The zero-order valence-electron chi connectivity index (χ0n) is 7.64. The van der Waals surface area contributed by atoms with Gasteiger partial charge in [-0.1, -0.05) is 12.8 Å². The van der Waals surface area contributed by atoms with Crippen LogP contribution < -0.4 is 0 Å². The van der Waals surface area contributed by atoms with Crippen molar-refractivity contribution < 1.29 is 9.84 Å². The van der Waals surface area contributed by atoms with Crippen molar-refractivity contribution in [3.8, 4) is 11.8 Å². The molecule has 1 atom stereocenters. The first kappa shape index (κ1) is 10.5. The summed E-state index contributed by atoms with van der Waals surface area (Å²) in [6.07, 6.45) is -0.208. The molecule has 0 spiro atoms. The Labute approximate surface area is 68.6 Å². The van der Waals surface area contributed by atoms with Crippen molar-refractivity contribution >= 4 is 0 Å². The molecule has 0 aromatic carbocycles. The smallest absolute Gasteiger partial charge is 0.220 e. The Hall–Kier alpha value is -0.520. The highest BCUT2D eigenvalue weighted by Gasteiger charge is 2.13. The molecule has 0 saturated carbocycles. The van der Waals surface area contributed by atoms with Gasteiger partial charge in [-0.15, -0.1) is 0 Å². The van der Waals surface area contributed by atoms with Crippen molar-refractivity contribution in [2.75, 3.05) is 0 Å². The van der Waals surface area contributed by atoms with Crippen LogP contribution in [0.5, 0.6) is 0 Å². The maximum atomic E-state index is 9.12. The molecule has 0 radical (unpaired) electrons. The van der Waals surface area contributed by atoms with Crippen LogP contribution in [0, 0.1) is 11.8 Å². The first-order chi connectivity index (χ1) is 4.95. The SMILES string of the molecule is CCC#CC(O)OC(C)(C)C. The van der Waals surface area contributed by atoms with Crippen LogP contribution in [0.15, 0.2) is 0 Å². The van der Waals surface area contributed by atoms with E-state index in [-0.39, 0.29) is 5.60 Å². The summed E-state index contributed by atoms with van der Waals surface area (Å²) in [7, 11) is 0. The van der Waals surface area contributed by atoms with Crippen molar-refractivity contribution in [1.29, 1.82) is 0 Å². The predicted molar refractivity (Wildman–Crippen MR) is 44.9 cm³/mol. The minimum Gasteiger partial charge on any atom is -0.358 e. The second-order valence-corrected chi connectivity index (χ2v) is 3.26. The van der Waals surface area contributed by atoms with Crippen LogP contribution in [0.3, 0.4) is 0 Å². The minimum absolute atomic E-state index is 0.332. The zero-order valence-corrected chi connectivity index (χ0v) is 7.64. The van der Waals surface area contributed by atoms with Crippen molar-refractivity contribution in [2.45, 2.75) is 46.0 Å². The van der Waals surface area contributed by atoms with Crippen molar-refractivity contribution in [3.63, 3.8) is 0 Å². The fourth-order valence-corrected chi connectivity index (χ4v) is 0.554. The third kappa shape index (κ3) is 7.38. The summed E-state index contributed by atoms with van der Waals surface area (Å²) in [6, 6.07) is 0. The van der Waals surface area contributed by atoms with Gasteiger partial charge in [-0.3, -0.25) is 0 Å². The number of hydrogen-bond acceptors (Lipinski definition) is 2. The minimum atomic E-state index is -0.949. The lowest BCUT2D eigenvalue weighted by molar-refractivity contribution is -0.132. The quantitative estimate of drug-likeness (QED) is 0.461. The van der Waals surface area contributed by atoms with Crippen LogP contribution in [0.1, 0.15) is 34.1 Å².